The van der Waals surface area contributed by atoms with Gasteiger partial charge in [-0.05, 0) is 25.2 Å². The number of rotatable bonds is 6. The van der Waals surface area contributed by atoms with Crippen LogP contribution in [0, 0.1) is 5.92 Å². The van der Waals surface area contributed by atoms with Crippen molar-refractivity contribution in [3.8, 4) is 0 Å². The summed E-state index contributed by atoms with van der Waals surface area (Å²) < 4.78 is 4.73. The van der Waals surface area contributed by atoms with Crippen LogP contribution in [0.15, 0.2) is 0 Å². The van der Waals surface area contributed by atoms with Crippen LogP contribution in [0.4, 0.5) is 0 Å². The van der Waals surface area contributed by atoms with E-state index in [0.29, 0.717) is 6.04 Å². The lowest BCUT2D eigenvalue weighted by atomic mass is 9.92. The molecule has 1 aliphatic rings. The third kappa shape index (κ3) is 4.34. The Morgan fingerprint density at radius 3 is 2.41 bits per heavy atom. The molecule has 0 unspecified atom stereocenters. The van der Waals surface area contributed by atoms with Crippen LogP contribution in [-0.2, 0) is 14.3 Å². The Morgan fingerprint density at radius 2 is 2.00 bits per heavy atom. The van der Waals surface area contributed by atoms with Crippen molar-refractivity contribution in [1.82, 2.24) is 10.6 Å². The maximum Gasteiger partial charge on any atom is 0.246 e. The van der Waals surface area contributed by atoms with Crippen LogP contribution in [0.3, 0.4) is 0 Å². The normalized spacial score (nSPS) is 17.4. The monoisotopic (exact) mass is 242 g/mol. The van der Waals surface area contributed by atoms with Crippen molar-refractivity contribution in [2.75, 3.05) is 13.7 Å². The van der Waals surface area contributed by atoms with Crippen LogP contribution in [0.5, 0.6) is 0 Å². The van der Waals surface area contributed by atoms with Crippen LogP contribution in [0.25, 0.3) is 0 Å². The van der Waals surface area contributed by atoms with Crippen molar-refractivity contribution in [3.63, 3.8) is 0 Å². The first-order valence-electron chi connectivity index (χ1n) is 6.13. The van der Waals surface area contributed by atoms with Crippen LogP contribution < -0.4 is 10.6 Å². The molecule has 0 heterocycles. The van der Waals surface area contributed by atoms with Gasteiger partial charge in [-0.2, -0.15) is 0 Å². The van der Waals surface area contributed by atoms with Gasteiger partial charge < -0.3 is 15.4 Å². The van der Waals surface area contributed by atoms with Gasteiger partial charge in [-0.25, -0.2) is 0 Å². The van der Waals surface area contributed by atoms with Gasteiger partial charge in [0.15, 0.2) is 0 Å². The number of carbonyl (C=O) groups is 2. The summed E-state index contributed by atoms with van der Waals surface area (Å²) in [5.41, 5.74) is 0. The molecular weight excluding hydrogens is 220 g/mol. The van der Waals surface area contributed by atoms with Gasteiger partial charge in [-0.15, -0.1) is 0 Å². The highest BCUT2D eigenvalue weighted by molar-refractivity contribution is 5.88. The summed E-state index contributed by atoms with van der Waals surface area (Å²) in [6.45, 7) is 3.82. The average Bonchev–Trinajstić information content (AvgIpc) is 2.19. The second-order valence-electron chi connectivity index (χ2n) is 4.86. The molecular formula is C12H22N2O3. The summed E-state index contributed by atoms with van der Waals surface area (Å²) >= 11 is 0. The summed E-state index contributed by atoms with van der Waals surface area (Å²) in [5.74, 6) is -0.278. The van der Waals surface area contributed by atoms with Crippen LogP contribution in [-0.4, -0.2) is 37.6 Å². The van der Waals surface area contributed by atoms with Crippen molar-refractivity contribution in [2.24, 2.45) is 5.92 Å². The molecule has 0 radical (unpaired) electrons. The summed E-state index contributed by atoms with van der Waals surface area (Å²) in [7, 11) is 1.46. The predicted octanol–water partition coefficient (Wildman–Crippen LogP) is 0.442. The molecule has 0 aromatic carbocycles. The minimum absolute atomic E-state index is 0.0140. The number of carbonyl (C=O) groups excluding carboxylic acids is 2. The summed E-state index contributed by atoms with van der Waals surface area (Å²) in [5, 5.41) is 5.65. The van der Waals surface area contributed by atoms with Crippen molar-refractivity contribution in [2.45, 2.75) is 45.2 Å². The first kappa shape index (κ1) is 14.0. The molecule has 1 atom stereocenters. The molecule has 0 aliphatic heterocycles. The standard InChI is InChI=1S/C12H22N2O3/c1-8(2)11(14-10(15)7-17-3)12(16)13-9-5-4-6-9/h8-9,11H,4-7H2,1-3H3,(H,13,16)(H,14,15)/t11-/m0/s1. The molecule has 0 spiro atoms. The number of methoxy groups -OCH3 is 1. The number of hydrogen-bond donors (Lipinski definition) is 2. The summed E-state index contributed by atoms with van der Waals surface area (Å²) in [4.78, 5) is 23.4. The third-order valence-corrected chi connectivity index (χ3v) is 2.99. The van der Waals surface area contributed by atoms with E-state index >= 15 is 0 Å². The fourth-order valence-corrected chi connectivity index (χ4v) is 1.72. The van der Waals surface area contributed by atoms with Crippen molar-refractivity contribution >= 4 is 11.8 Å². The Balaban J connectivity index is 2.45. The average molecular weight is 242 g/mol. The first-order valence-corrected chi connectivity index (χ1v) is 6.13. The Hall–Kier alpha value is -1.10. The molecule has 0 bridgehead atoms. The largest absolute Gasteiger partial charge is 0.375 e. The molecule has 1 fully saturated rings. The highest BCUT2D eigenvalue weighted by Gasteiger charge is 2.27. The Bertz CT molecular complexity index is 275. The molecule has 0 aromatic heterocycles. The van der Waals surface area contributed by atoms with Gasteiger partial charge in [0.2, 0.25) is 11.8 Å². The van der Waals surface area contributed by atoms with E-state index in [1.165, 1.54) is 13.5 Å². The van der Waals surface area contributed by atoms with E-state index in [1.54, 1.807) is 0 Å². The highest BCUT2D eigenvalue weighted by atomic mass is 16.5. The minimum atomic E-state index is -0.474. The van der Waals surface area contributed by atoms with Gasteiger partial charge in [-0.3, -0.25) is 9.59 Å². The zero-order chi connectivity index (χ0) is 12.8. The molecule has 5 nitrogen and oxygen atoms in total. The number of hydrogen-bond acceptors (Lipinski definition) is 3. The lowest BCUT2D eigenvalue weighted by molar-refractivity contribution is -0.132. The van der Waals surface area contributed by atoms with E-state index in [2.05, 4.69) is 10.6 Å². The molecule has 5 heteroatoms. The van der Waals surface area contributed by atoms with Gasteiger partial charge in [-0.1, -0.05) is 13.8 Å². The number of nitrogens with one attached hydrogen (secondary N) is 2. The van der Waals surface area contributed by atoms with Crippen molar-refractivity contribution in [3.05, 3.63) is 0 Å². The molecule has 1 rings (SSSR count). The lowest BCUT2D eigenvalue weighted by Crippen LogP contribution is -2.53. The lowest BCUT2D eigenvalue weighted by Gasteiger charge is -2.30. The first-order chi connectivity index (χ1) is 8.04. The highest BCUT2D eigenvalue weighted by Crippen LogP contribution is 2.18. The predicted molar refractivity (Wildman–Crippen MR) is 64.4 cm³/mol. The molecule has 1 aliphatic carbocycles. The Kier molecular flexibility index (Phi) is 5.41. The van der Waals surface area contributed by atoms with E-state index < -0.39 is 6.04 Å². The zero-order valence-electron chi connectivity index (χ0n) is 10.8. The maximum absolute atomic E-state index is 12.0. The van der Waals surface area contributed by atoms with E-state index in [0.717, 1.165) is 12.8 Å². The van der Waals surface area contributed by atoms with E-state index in [9.17, 15) is 9.59 Å². The second-order valence-corrected chi connectivity index (χ2v) is 4.86. The van der Waals surface area contributed by atoms with E-state index in [-0.39, 0.29) is 24.3 Å². The fraction of sp³-hybridized carbons (Fsp3) is 0.833. The Morgan fingerprint density at radius 1 is 1.35 bits per heavy atom. The molecule has 98 valence electrons. The Labute approximate surface area is 102 Å². The SMILES string of the molecule is COCC(=O)N[C@H](C(=O)NC1CCC1)C(C)C. The van der Waals surface area contributed by atoms with Gasteiger partial charge in [0, 0.05) is 13.2 Å². The smallest absolute Gasteiger partial charge is 0.246 e. The summed E-state index contributed by atoms with van der Waals surface area (Å²) in [6, 6.07) is -0.179. The van der Waals surface area contributed by atoms with Crippen molar-refractivity contribution in [1.29, 1.82) is 0 Å². The van der Waals surface area contributed by atoms with Gasteiger partial charge >= 0.3 is 0 Å². The fourth-order valence-electron chi connectivity index (χ4n) is 1.72. The van der Waals surface area contributed by atoms with E-state index in [1.807, 2.05) is 13.8 Å². The van der Waals surface area contributed by atoms with E-state index in [4.69, 9.17) is 4.74 Å². The maximum atomic E-state index is 12.0. The number of ether oxygens (including phenoxy) is 1. The zero-order valence-corrected chi connectivity index (χ0v) is 10.8. The molecule has 2 N–H and O–H groups in total. The van der Waals surface area contributed by atoms with Gasteiger partial charge in [0.1, 0.15) is 12.6 Å². The second kappa shape index (κ2) is 6.59. The van der Waals surface area contributed by atoms with Gasteiger partial charge in [0.05, 0.1) is 0 Å². The van der Waals surface area contributed by atoms with Crippen molar-refractivity contribution < 1.29 is 14.3 Å². The molecule has 0 saturated heterocycles. The third-order valence-electron chi connectivity index (χ3n) is 2.99. The summed E-state index contributed by atoms with van der Waals surface area (Å²) in [6.07, 6.45) is 3.26. The van der Waals surface area contributed by atoms with Crippen LogP contribution in [0.2, 0.25) is 0 Å². The number of amides is 2. The molecule has 1 saturated carbocycles. The van der Waals surface area contributed by atoms with Crippen LogP contribution in [0.1, 0.15) is 33.1 Å². The molecule has 17 heavy (non-hydrogen) atoms. The molecule has 2 amide bonds. The van der Waals surface area contributed by atoms with Crippen LogP contribution >= 0.6 is 0 Å². The topological polar surface area (TPSA) is 67.4 Å². The quantitative estimate of drug-likeness (QED) is 0.710. The molecule has 0 aromatic rings. The van der Waals surface area contributed by atoms with Gasteiger partial charge in [0.25, 0.3) is 0 Å². The minimum Gasteiger partial charge on any atom is -0.375 e.